The van der Waals surface area contributed by atoms with E-state index < -0.39 is 15.6 Å². The van der Waals surface area contributed by atoms with Gasteiger partial charge in [0.2, 0.25) is 0 Å². The molecule has 0 aromatic carbocycles. The van der Waals surface area contributed by atoms with Crippen LogP contribution in [0.15, 0.2) is 16.1 Å². The second-order valence-electron chi connectivity index (χ2n) is 6.01. The van der Waals surface area contributed by atoms with Crippen molar-refractivity contribution >= 4 is 16.4 Å². The Labute approximate surface area is 98.1 Å². The van der Waals surface area contributed by atoms with E-state index >= 15 is 0 Å². The predicted molar refractivity (Wildman–Crippen MR) is 66.5 cm³/mol. The minimum Gasteiger partial charge on any atom is -0.251 e. The lowest BCUT2D eigenvalue weighted by molar-refractivity contribution is 0.353. The van der Waals surface area contributed by atoms with Crippen molar-refractivity contribution < 1.29 is 8.42 Å². The van der Waals surface area contributed by atoms with Crippen molar-refractivity contribution in [1.29, 1.82) is 0 Å². The number of sulfonamides is 1. The Morgan fingerprint density at radius 3 is 1.94 bits per heavy atom. The molecule has 92 valence electrons. The molecule has 0 radical (unpaired) electrons. The lowest BCUT2D eigenvalue weighted by Gasteiger charge is -2.35. The van der Waals surface area contributed by atoms with Crippen LogP contribution in [-0.4, -0.2) is 24.6 Å². The molecule has 0 unspecified atom stereocenters. The molecule has 1 aliphatic rings. The van der Waals surface area contributed by atoms with Gasteiger partial charge in [0.15, 0.2) is 0 Å². The molecule has 0 amide bonds. The molecule has 0 spiro atoms. The van der Waals surface area contributed by atoms with E-state index in [9.17, 15) is 8.42 Å². The third-order valence-corrected chi connectivity index (χ3v) is 3.98. The summed E-state index contributed by atoms with van der Waals surface area (Å²) >= 11 is 0. The van der Waals surface area contributed by atoms with Crippen LogP contribution < -0.4 is 0 Å². The lowest BCUT2D eigenvalue weighted by atomic mass is 9.93. The molecule has 0 bridgehead atoms. The number of rotatable bonds is 0. The Balaban J connectivity index is 3.20. The van der Waals surface area contributed by atoms with E-state index in [0.717, 1.165) is 0 Å². The molecule has 1 rings (SSSR count). The summed E-state index contributed by atoms with van der Waals surface area (Å²) in [5.41, 5.74) is -0.150. The molecule has 0 saturated carbocycles. The molecule has 1 aliphatic heterocycles. The second-order valence-corrected chi connectivity index (χ2v) is 7.67. The largest absolute Gasteiger partial charge is 0.260 e. The van der Waals surface area contributed by atoms with Gasteiger partial charge in [-0.2, -0.15) is 0 Å². The van der Waals surface area contributed by atoms with Crippen LogP contribution in [0.1, 0.15) is 41.5 Å². The van der Waals surface area contributed by atoms with Crippen LogP contribution >= 0.6 is 0 Å². The van der Waals surface area contributed by atoms with Gasteiger partial charge in [0.05, 0.1) is 11.1 Å². The predicted octanol–water partition coefficient (Wildman–Crippen LogP) is 2.35. The number of allylic oxidation sites excluding steroid dienone is 1. The molecule has 0 N–H and O–H groups in total. The van der Waals surface area contributed by atoms with Gasteiger partial charge in [-0.1, -0.05) is 20.8 Å². The summed E-state index contributed by atoms with van der Waals surface area (Å²) < 4.78 is 25.4. The average molecular weight is 244 g/mol. The number of hydrogen-bond donors (Lipinski definition) is 0. The fourth-order valence-corrected chi connectivity index (χ4v) is 3.09. The van der Waals surface area contributed by atoms with Crippen LogP contribution in [0, 0.1) is 5.41 Å². The van der Waals surface area contributed by atoms with E-state index in [0.29, 0.717) is 5.70 Å². The molecule has 0 aromatic rings. The Bertz CT molecular complexity index is 434. The number of nitrogens with zero attached hydrogens (tertiary/aromatic N) is 2. The van der Waals surface area contributed by atoms with Crippen LogP contribution in [0.3, 0.4) is 0 Å². The van der Waals surface area contributed by atoms with Crippen LogP contribution in [0.5, 0.6) is 0 Å². The first-order valence-electron chi connectivity index (χ1n) is 5.25. The maximum atomic E-state index is 12.0. The number of hydrogen-bond acceptors (Lipinski definition) is 3. The molecule has 0 aliphatic carbocycles. The monoisotopic (exact) mass is 244 g/mol. The van der Waals surface area contributed by atoms with Crippen molar-refractivity contribution in [3.63, 3.8) is 0 Å². The highest BCUT2D eigenvalue weighted by atomic mass is 32.2. The van der Waals surface area contributed by atoms with Gasteiger partial charge in [-0.05, 0) is 20.8 Å². The Hall–Kier alpha value is -0.840. The minimum absolute atomic E-state index is 0.256. The SMILES string of the molecule is CC(C)(C)C1=CS(=O)(=O)N(C(C)(C)C)C=N1. The fourth-order valence-electron chi connectivity index (χ4n) is 1.33. The molecule has 4 nitrogen and oxygen atoms in total. The van der Waals surface area contributed by atoms with Crippen LogP contribution in [0.4, 0.5) is 0 Å². The van der Waals surface area contributed by atoms with Crippen molar-refractivity contribution in [1.82, 2.24) is 4.31 Å². The first-order chi connectivity index (χ1) is 6.94. The van der Waals surface area contributed by atoms with Crippen molar-refractivity contribution in [3.05, 3.63) is 11.1 Å². The van der Waals surface area contributed by atoms with E-state index in [4.69, 9.17) is 0 Å². The highest BCUT2D eigenvalue weighted by Gasteiger charge is 2.33. The standard InChI is InChI=1S/C11H20N2O2S/c1-10(2,3)9-7-16(14,15)13(8-12-9)11(4,5)6/h7-8H,1-6H3. The molecule has 0 saturated heterocycles. The zero-order valence-corrected chi connectivity index (χ0v) is 11.6. The van der Waals surface area contributed by atoms with Crippen molar-refractivity contribution in [2.45, 2.75) is 47.1 Å². The molecule has 0 atom stereocenters. The highest BCUT2D eigenvalue weighted by Crippen LogP contribution is 2.31. The maximum absolute atomic E-state index is 12.0. The normalized spacial score (nSPS) is 20.9. The zero-order chi connectivity index (χ0) is 12.8. The van der Waals surface area contributed by atoms with E-state index in [-0.39, 0.29) is 5.41 Å². The quantitative estimate of drug-likeness (QED) is 0.656. The van der Waals surface area contributed by atoms with Crippen LogP contribution in [0.25, 0.3) is 0 Å². The summed E-state index contributed by atoms with van der Waals surface area (Å²) in [5.74, 6) is 0. The Morgan fingerprint density at radius 1 is 1.12 bits per heavy atom. The second kappa shape index (κ2) is 3.58. The molecule has 0 aromatic heterocycles. The number of aliphatic imine (C=N–C) groups is 1. The van der Waals surface area contributed by atoms with Gasteiger partial charge in [0.25, 0.3) is 10.0 Å². The summed E-state index contributed by atoms with van der Waals surface area (Å²) in [7, 11) is -3.39. The van der Waals surface area contributed by atoms with Gasteiger partial charge in [-0.15, -0.1) is 0 Å². The average Bonchev–Trinajstić information content (AvgIpc) is 1.97. The van der Waals surface area contributed by atoms with Gasteiger partial charge in [-0.3, -0.25) is 4.31 Å². The third-order valence-electron chi connectivity index (χ3n) is 2.27. The fraction of sp³-hybridized carbons (Fsp3) is 0.727. The Kier molecular flexibility index (Phi) is 2.96. The van der Waals surface area contributed by atoms with Crippen molar-refractivity contribution in [2.24, 2.45) is 10.4 Å². The smallest absolute Gasteiger partial charge is 0.251 e. The highest BCUT2D eigenvalue weighted by molar-refractivity contribution is 7.92. The van der Waals surface area contributed by atoms with Crippen molar-refractivity contribution in [3.8, 4) is 0 Å². The molecular formula is C11H20N2O2S. The zero-order valence-electron chi connectivity index (χ0n) is 10.8. The first kappa shape index (κ1) is 13.2. The summed E-state index contributed by atoms with van der Waals surface area (Å²) in [4.78, 5) is 4.23. The van der Waals surface area contributed by atoms with E-state index in [1.807, 2.05) is 41.5 Å². The molecular weight excluding hydrogens is 224 g/mol. The van der Waals surface area contributed by atoms with Crippen LogP contribution in [0.2, 0.25) is 0 Å². The summed E-state index contributed by atoms with van der Waals surface area (Å²) in [6, 6.07) is 0. The lowest BCUT2D eigenvalue weighted by Crippen LogP contribution is -2.45. The molecule has 5 heteroatoms. The van der Waals surface area contributed by atoms with Gasteiger partial charge < -0.3 is 0 Å². The van der Waals surface area contributed by atoms with Gasteiger partial charge in [-0.25, -0.2) is 13.4 Å². The van der Waals surface area contributed by atoms with Crippen molar-refractivity contribution in [2.75, 3.05) is 0 Å². The topological polar surface area (TPSA) is 49.7 Å². The molecule has 16 heavy (non-hydrogen) atoms. The molecule has 1 heterocycles. The van der Waals surface area contributed by atoms with Gasteiger partial charge >= 0.3 is 0 Å². The summed E-state index contributed by atoms with van der Waals surface area (Å²) in [6.45, 7) is 11.3. The van der Waals surface area contributed by atoms with E-state index in [1.165, 1.54) is 16.1 Å². The van der Waals surface area contributed by atoms with Gasteiger partial charge in [0, 0.05) is 11.0 Å². The Morgan fingerprint density at radius 2 is 1.62 bits per heavy atom. The maximum Gasteiger partial charge on any atom is 0.260 e. The first-order valence-corrected chi connectivity index (χ1v) is 6.76. The van der Waals surface area contributed by atoms with E-state index in [2.05, 4.69) is 4.99 Å². The third kappa shape index (κ3) is 2.64. The van der Waals surface area contributed by atoms with Crippen LogP contribution in [-0.2, 0) is 10.0 Å². The minimum atomic E-state index is -3.39. The van der Waals surface area contributed by atoms with Gasteiger partial charge in [0.1, 0.15) is 6.34 Å². The molecule has 0 fully saturated rings. The summed E-state index contributed by atoms with van der Waals surface area (Å²) in [6.07, 6.45) is 1.41. The summed E-state index contributed by atoms with van der Waals surface area (Å²) in [5, 5.41) is 1.26. The van der Waals surface area contributed by atoms with E-state index in [1.54, 1.807) is 0 Å².